The van der Waals surface area contributed by atoms with Crippen molar-refractivity contribution in [3.63, 3.8) is 0 Å². The smallest absolute Gasteiger partial charge is 0.339 e. The van der Waals surface area contributed by atoms with E-state index in [0.717, 1.165) is 27.8 Å². The summed E-state index contributed by atoms with van der Waals surface area (Å²) in [6, 6.07) is 15.8. The van der Waals surface area contributed by atoms with E-state index in [1.54, 1.807) is 23.5 Å². The molecule has 2 aromatic carbocycles. The highest BCUT2D eigenvalue weighted by molar-refractivity contribution is 7.17. The average Bonchev–Trinajstić information content (AvgIpc) is 3.19. The van der Waals surface area contributed by atoms with Crippen molar-refractivity contribution in [3.05, 3.63) is 71.4 Å². The van der Waals surface area contributed by atoms with Crippen LogP contribution in [0.2, 0.25) is 0 Å². The maximum absolute atomic E-state index is 12.1. The quantitative estimate of drug-likeness (QED) is 0.460. The third-order valence-corrected chi connectivity index (χ3v) is 5.52. The van der Waals surface area contributed by atoms with Gasteiger partial charge in [-0.3, -0.25) is 0 Å². The first kappa shape index (κ1) is 18.1. The lowest BCUT2D eigenvalue weighted by molar-refractivity contribution is 0.0602. The number of nitrogens with one attached hydrogen (secondary N) is 1. The molecule has 0 fully saturated rings. The maximum atomic E-state index is 12.1. The van der Waals surface area contributed by atoms with Gasteiger partial charge in [-0.25, -0.2) is 14.8 Å². The van der Waals surface area contributed by atoms with Gasteiger partial charge in [0.2, 0.25) is 0 Å². The number of carbonyl (C=O) groups excluding carboxylic acids is 1. The fraction of sp³-hybridized carbons (Fsp3) is 0.136. The van der Waals surface area contributed by atoms with E-state index in [1.807, 2.05) is 12.1 Å². The van der Waals surface area contributed by atoms with E-state index in [9.17, 15) is 4.79 Å². The van der Waals surface area contributed by atoms with E-state index in [2.05, 4.69) is 51.9 Å². The molecule has 0 unspecified atom stereocenters. The Morgan fingerprint density at radius 1 is 1.11 bits per heavy atom. The first-order chi connectivity index (χ1) is 13.7. The molecule has 6 heteroatoms. The molecule has 0 aliphatic heterocycles. The SMILES string of the molecule is CCc1ccc(-c2csc3ncnc(Nc4ccccc4C(=O)OC)c23)cc1. The Bertz CT molecular complexity index is 1140. The summed E-state index contributed by atoms with van der Waals surface area (Å²) in [5.74, 6) is 0.270. The molecule has 4 rings (SSSR count). The van der Waals surface area contributed by atoms with Crippen LogP contribution in [-0.4, -0.2) is 23.0 Å². The predicted molar refractivity (Wildman–Crippen MR) is 113 cm³/mol. The lowest BCUT2D eigenvalue weighted by Crippen LogP contribution is -2.06. The summed E-state index contributed by atoms with van der Waals surface area (Å²) in [5.41, 5.74) is 4.59. The number of hydrogen-bond acceptors (Lipinski definition) is 6. The van der Waals surface area contributed by atoms with E-state index in [-0.39, 0.29) is 0 Å². The number of thiophene rings is 1. The molecule has 0 aliphatic rings. The van der Waals surface area contributed by atoms with E-state index in [1.165, 1.54) is 19.0 Å². The first-order valence-electron chi connectivity index (χ1n) is 8.97. The third-order valence-electron chi connectivity index (χ3n) is 4.63. The molecule has 1 N–H and O–H groups in total. The summed E-state index contributed by atoms with van der Waals surface area (Å²) in [5, 5.41) is 6.34. The molecule has 0 aliphatic carbocycles. The molecule has 4 aromatic rings. The summed E-state index contributed by atoms with van der Waals surface area (Å²) in [4.78, 5) is 21.9. The predicted octanol–water partition coefficient (Wildman–Crippen LogP) is 5.45. The summed E-state index contributed by atoms with van der Waals surface area (Å²) in [6.07, 6.45) is 2.54. The van der Waals surface area contributed by atoms with Gasteiger partial charge in [0, 0.05) is 10.9 Å². The minimum absolute atomic E-state index is 0.394. The molecule has 0 bridgehead atoms. The van der Waals surface area contributed by atoms with Crippen molar-refractivity contribution >= 4 is 39.0 Å². The Balaban J connectivity index is 1.81. The number of benzene rings is 2. The largest absolute Gasteiger partial charge is 0.465 e. The number of aryl methyl sites for hydroxylation is 1. The van der Waals surface area contributed by atoms with Crippen LogP contribution < -0.4 is 5.32 Å². The third kappa shape index (κ3) is 3.34. The number of hydrogen-bond donors (Lipinski definition) is 1. The number of esters is 1. The lowest BCUT2D eigenvalue weighted by atomic mass is 10.0. The van der Waals surface area contributed by atoms with Gasteiger partial charge in [0.1, 0.15) is 17.0 Å². The molecular formula is C22H19N3O2S. The molecule has 5 nitrogen and oxygen atoms in total. The van der Waals surface area contributed by atoms with E-state index in [4.69, 9.17) is 4.74 Å². The van der Waals surface area contributed by atoms with Crippen molar-refractivity contribution in [2.75, 3.05) is 12.4 Å². The lowest BCUT2D eigenvalue weighted by Gasteiger charge is -2.11. The number of aromatic nitrogens is 2. The van der Waals surface area contributed by atoms with Gasteiger partial charge in [0.25, 0.3) is 0 Å². The standard InChI is InChI=1S/C22H19N3O2S/c1-3-14-8-10-15(11-9-14)17-12-28-21-19(17)20(23-13-24-21)25-18-7-5-4-6-16(18)22(26)27-2/h4-13H,3H2,1-2H3,(H,23,24,25). The van der Waals surface area contributed by atoms with E-state index < -0.39 is 5.97 Å². The van der Waals surface area contributed by atoms with Gasteiger partial charge in [0.15, 0.2) is 0 Å². The number of ether oxygens (including phenoxy) is 1. The Kier molecular flexibility index (Phi) is 5.04. The molecule has 140 valence electrons. The molecule has 0 saturated heterocycles. The molecule has 0 atom stereocenters. The second-order valence-electron chi connectivity index (χ2n) is 6.26. The second kappa shape index (κ2) is 7.78. The van der Waals surface area contributed by atoms with Crippen molar-refractivity contribution in [1.82, 2.24) is 9.97 Å². The fourth-order valence-electron chi connectivity index (χ4n) is 3.11. The number of anilines is 2. The Hall–Kier alpha value is -3.25. The maximum Gasteiger partial charge on any atom is 0.339 e. The normalized spacial score (nSPS) is 10.8. The van der Waals surface area contributed by atoms with Gasteiger partial charge in [0.05, 0.1) is 23.7 Å². The summed E-state index contributed by atoms with van der Waals surface area (Å²) >= 11 is 1.58. The van der Waals surface area contributed by atoms with Crippen LogP contribution in [0.1, 0.15) is 22.8 Å². The molecule has 2 aromatic heterocycles. The van der Waals surface area contributed by atoms with Gasteiger partial charge >= 0.3 is 5.97 Å². The van der Waals surface area contributed by atoms with Crippen LogP contribution in [-0.2, 0) is 11.2 Å². The fourth-order valence-corrected chi connectivity index (χ4v) is 4.03. The van der Waals surface area contributed by atoms with Crippen molar-refractivity contribution in [3.8, 4) is 11.1 Å². The minimum Gasteiger partial charge on any atom is -0.465 e. The summed E-state index contributed by atoms with van der Waals surface area (Å²) < 4.78 is 4.89. The number of rotatable bonds is 5. The number of fused-ring (bicyclic) bond motifs is 1. The van der Waals surface area contributed by atoms with Gasteiger partial charge in [-0.15, -0.1) is 11.3 Å². The number of methoxy groups -OCH3 is 1. The van der Waals surface area contributed by atoms with Crippen LogP contribution in [0.4, 0.5) is 11.5 Å². The van der Waals surface area contributed by atoms with Gasteiger partial charge in [-0.05, 0) is 29.7 Å². The second-order valence-corrected chi connectivity index (χ2v) is 7.12. The highest BCUT2D eigenvalue weighted by atomic mass is 32.1. The molecule has 2 heterocycles. The molecule has 0 amide bonds. The molecule has 28 heavy (non-hydrogen) atoms. The van der Waals surface area contributed by atoms with Crippen LogP contribution in [0.3, 0.4) is 0 Å². The van der Waals surface area contributed by atoms with E-state index in [0.29, 0.717) is 17.1 Å². The molecule has 0 spiro atoms. The summed E-state index contributed by atoms with van der Waals surface area (Å²) in [7, 11) is 1.37. The first-order valence-corrected chi connectivity index (χ1v) is 9.85. The Morgan fingerprint density at radius 2 is 1.89 bits per heavy atom. The van der Waals surface area contributed by atoms with Crippen molar-refractivity contribution in [2.24, 2.45) is 0 Å². The zero-order valence-electron chi connectivity index (χ0n) is 15.6. The minimum atomic E-state index is -0.394. The van der Waals surface area contributed by atoms with Crippen LogP contribution >= 0.6 is 11.3 Å². The van der Waals surface area contributed by atoms with Crippen molar-refractivity contribution in [2.45, 2.75) is 13.3 Å². The van der Waals surface area contributed by atoms with E-state index >= 15 is 0 Å². The Morgan fingerprint density at radius 3 is 2.64 bits per heavy atom. The van der Waals surface area contributed by atoms with Crippen molar-refractivity contribution < 1.29 is 9.53 Å². The highest BCUT2D eigenvalue weighted by Crippen LogP contribution is 2.37. The molecule has 0 radical (unpaired) electrons. The number of para-hydroxylation sites is 1. The van der Waals surface area contributed by atoms with Crippen LogP contribution in [0, 0.1) is 0 Å². The molecular weight excluding hydrogens is 370 g/mol. The Labute approximate surface area is 167 Å². The van der Waals surface area contributed by atoms with Crippen LogP contribution in [0.15, 0.2) is 60.2 Å². The summed E-state index contributed by atoms with van der Waals surface area (Å²) in [6.45, 7) is 2.14. The van der Waals surface area contributed by atoms with Crippen LogP contribution in [0.25, 0.3) is 21.3 Å². The van der Waals surface area contributed by atoms with Gasteiger partial charge < -0.3 is 10.1 Å². The van der Waals surface area contributed by atoms with Gasteiger partial charge in [-0.1, -0.05) is 43.3 Å². The number of carbonyl (C=O) groups is 1. The zero-order valence-corrected chi connectivity index (χ0v) is 16.4. The monoisotopic (exact) mass is 389 g/mol. The highest BCUT2D eigenvalue weighted by Gasteiger charge is 2.16. The topological polar surface area (TPSA) is 64.1 Å². The average molecular weight is 389 g/mol. The van der Waals surface area contributed by atoms with Crippen molar-refractivity contribution in [1.29, 1.82) is 0 Å². The van der Waals surface area contributed by atoms with Crippen LogP contribution in [0.5, 0.6) is 0 Å². The zero-order chi connectivity index (χ0) is 19.5. The molecule has 0 saturated carbocycles. The van der Waals surface area contributed by atoms with Gasteiger partial charge in [-0.2, -0.15) is 0 Å². The number of nitrogens with zero attached hydrogens (tertiary/aromatic N) is 2.